The Bertz CT molecular complexity index is 360. The van der Waals surface area contributed by atoms with Crippen molar-refractivity contribution in [3.8, 4) is 0 Å². The average Bonchev–Trinajstić information content (AvgIpc) is 2.43. The third-order valence-corrected chi connectivity index (χ3v) is 2.53. The van der Waals surface area contributed by atoms with Crippen LogP contribution in [0.15, 0.2) is 27.5 Å². The lowest BCUT2D eigenvalue weighted by molar-refractivity contribution is -0.495. The minimum absolute atomic E-state index is 0.249. The van der Waals surface area contributed by atoms with Crippen molar-refractivity contribution in [1.29, 1.82) is 0 Å². The summed E-state index contributed by atoms with van der Waals surface area (Å²) in [5.41, 5.74) is 0.980. The highest BCUT2D eigenvalue weighted by molar-refractivity contribution is 9.11. The molecule has 0 bridgehead atoms. The molecule has 0 saturated carbocycles. The highest BCUT2D eigenvalue weighted by Crippen LogP contribution is 2.25. The van der Waals surface area contributed by atoms with Crippen molar-refractivity contribution in [2.24, 2.45) is 11.0 Å². The number of allylic oxidation sites excluding steroid dienone is 4. The standard InChI is InChI=1S/C9H10BrN2O/c1-12-5-6-3-7(10)4-8(13-2)9(6)11-12/h3-6H,1-2H3/q+1. The van der Waals surface area contributed by atoms with E-state index in [1.54, 1.807) is 7.11 Å². The molecule has 0 saturated heterocycles. The zero-order valence-electron chi connectivity index (χ0n) is 7.49. The van der Waals surface area contributed by atoms with Gasteiger partial charge in [0.05, 0.1) is 7.11 Å². The second kappa shape index (κ2) is 3.10. The lowest BCUT2D eigenvalue weighted by Crippen LogP contribution is -2.17. The molecule has 1 unspecified atom stereocenters. The van der Waals surface area contributed by atoms with Gasteiger partial charge in [0.1, 0.15) is 11.7 Å². The number of halogens is 1. The largest absolute Gasteiger partial charge is 0.495 e. The number of fused-ring (bicyclic) bond motifs is 1. The molecular formula is C9H10BrN2O+. The van der Waals surface area contributed by atoms with Gasteiger partial charge in [0, 0.05) is 4.48 Å². The van der Waals surface area contributed by atoms with E-state index < -0.39 is 0 Å². The first-order valence-corrected chi connectivity index (χ1v) is 4.79. The van der Waals surface area contributed by atoms with Gasteiger partial charge in [-0.15, -0.1) is 0 Å². The SMILES string of the molecule is COC1=CC(Br)=CC2C=[N+](C)N=C12. The number of methoxy groups -OCH3 is 1. The van der Waals surface area contributed by atoms with Gasteiger partial charge in [-0.1, -0.05) is 26.7 Å². The molecule has 3 nitrogen and oxygen atoms in total. The van der Waals surface area contributed by atoms with Crippen LogP contribution in [-0.4, -0.2) is 30.8 Å². The van der Waals surface area contributed by atoms with Gasteiger partial charge in [0.2, 0.25) is 0 Å². The van der Waals surface area contributed by atoms with Crippen LogP contribution in [-0.2, 0) is 4.74 Å². The molecule has 13 heavy (non-hydrogen) atoms. The minimum atomic E-state index is 0.249. The van der Waals surface area contributed by atoms with Crippen molar-refractivity contribution >= 4 is 27.9 Å². The first-order chi connectivity index (χ1) is 6.20. The summed E-state index contributed by atoms with van der Waals surface area (Å²) in [4.78, 5) is 0. The van der Waals surface area contributed by atoms with Crippen LogP contribution >= 0.6 is 15.9 Å². The van der Waals surface area contributed by atoms with Crippen molar-refractivity contribution < 1.29 is 9.42 Å². The molecule has 1 atom stereocenters. The van der Waals surface area contributed by atoms with Crippen LogP contribution in [0.3, 0.4) is 0 Å². The third kappa shape index (κ3) is 1.46. The average molecular weight is 242 g/mol. The topological polar surface area (TPSA) is 24.6 Å². The molecule has 2 aliphatic rings. The molecule has 0 spiro atoms. The van der Waals surface area contributed by atoms with Crippen LogP contribution in [0.1, 0.15) is 0 Å². The maximum atomic E-state index is 5.24. The fourth-order valence-corrected chi connectivity index (χ4v) is 1.98. The zero-order chi connectivity index (χ0) is 9.42. The van der Waals surface area contributed by atoms with Crippen LogP contribution in [0.2, 0.25) is 0 Å². The Morgan fingerprint density at radius 3 is 3.08 bits per heavy atom. The van der Waals surface area contributed by atoms with E-state index in [2.05, 4.69) is 27.1 Å². The number of rotatable bonds is 1. The zero-order valence-corrected chi connectivity index (χ0v) is 9.08. The van der Waals surface area contributed by atoms with Gasteiger partial charge in [0.25, 0.3) is 0 Å². The number of ether oxygens (including phenoxy) is 1. The Kier molecular flexibility index (Phi) is 2.07. The molecule has 0 radical (unpaired) electrons. The Hall–Kier alpha value is -0.900. The van der Waals surface area contributed by atoms with Gasteiger partial charge < -0.3 is 4.74 Å². The summed E-state index contributed by atoms with van der Waals surface area (Å²) in [5.74, 6) is 1.08. The smallest absolute Gasteiger partial charge is 0.185 e. The van der Waals surface area contributed by atoms with Crippen LogP contribution in [0.5, 0.6) is 0 Å². The summed E-state index contributed by atoms with van der Waals surface area (Å²) < 4.78 is 8.09. The second-order valence-corrected chi connectivity index (χ2v) is 3.91. The number of hydrogen-bond donors (Lipinski definition) is 0. The Labute approximate surface area is 85.2 Å². The van der Waals surface area contributed by atoms with Crippen LogP contribution < -0.4 is 0 Å². The number of nitrogens with zero attached hydrogens (tertiary/aromatic N) is 2. The van der Waals surface area contributed by atoms with Crippen molar-refractivity contribution in [1.82, 2.24) is 0 Å². The van der Waals surface area contributed by atoms with Crippen molar-refractivity contribution in [3.05, 3.63) is 22.4 Å². The van der Waals surface area contributed by atoms with E-state index in [4.69, 9.17) is 4.74 Å². The molecule has 0 N–H and O–H groups in total. The predicted molar refractivity (Wildman–Crippen MR) is 55.3 cm³/mol. The van der Waals surface area contributed by atoms with Crippen molar-refractivity contribution in [2.45, 2.75) is 0 Å². The lowest BCUT2D eigenvalue weighted by atomic mass is 9.99. The predicted octanol–water partition coefficient (Wildman–Crippen LogP) is 1.51. The van der Waals surface area contributed by atoms with Gasteiger partial charge >= 0.3 is 0 Å². The molecule has 68 valence electrons. The fraction of sp³-hybridized carbons (Fsp3) is 0.333. The van der Waals surface area contributed by atoms with Gasteiger partial charge in [-0.3, -0.25) is 0 Å². The molecule has 1 aliphatic carbocycles. The highest BCUT2D eigenvalue weighted by atomic mass is 79.9. The Balaban J connectivity index is 2.42. The van der Waals surface area contributed by atoms with E-state index in [0.29, 0.717) is 0 Å². The Morgan fingerprint density at radius 2 is 2.38 bits per heavy atom. The summed E-state index contributed by atoms with van der Waals surface area (Å²) >= 11 is 3.44. The molecule has 0 aromatic heterocycles. The highest BCUT2D eigenvalue weighted by Gasteiger charge is 2.31. The lowest BCUT2D eigenvalue weighted by Gasteiger charge is -2.11. The van der Waals surface area contributed by atoms with E-state index in [1.165, 1.54) is 0 Å². The van der Waals surface area contributed by atoms with Gasteiger partial charge in [-0.2, -0.15) is 0 Å². The molecule has 0 fully saturated rings. The van der Waals surface area contributed by atoms with Crippen molar-refractivity contribution in [3.63, 3.8) is 0 Å². The molecule has 1 aliphatic heterocycles. The van der Waals surface area contributed by atoms with E-state index in [1.807, 2.05) is 24.0 Å². The Morgan fingerprint density at radius 1 is 1.62 bits per heavy atom. The summed E-state index contributed by atoms with van der Waals surface area (Å²) in [5, 5.41) is 4.33. The summed E-state index contributed by atoms with van der Waals surface area (Å²) in [6.45, 7) is 0. The van der Waals surface area contributed by atoms with Gasteiger partial charge in [0.15, 0.2) is 19.0 Å². The molecule has 4 heteroatoms. The number of hydrazone groups is 1. The molecular weight excluding hydrogens is 232 g/mol. The van der Waals surface area contributed by atoms with Crippen LogP contribution in [0.25, 0.3) is 0 Å². The third-order valence-electron chi connectivity index (χ3n) is 2.04. The number of hydrogen-bond acceptors (Lipinski definition) is 2. The molecule has 0 aromatic carbocycles. The quantitative estimate of drug-likeness (QED) is 0.639. The van der Waals surface area contributed by atoms with Crippen molar-refractivity contribution in [2.75, 3.05) is 14.2 Å². The molecule has 0 amide bonds. The van der Waals surface area contributed by atoms with Crippen LogP contribution in [0, 0.1) is 5.92 Å². The summed E-state index contributed by atoms with van der Waals surface area (Å²) in [6, 6.07) is 0. The van der Waals surface area contributed by atoms with E-state index in [0.717, 1.165) is 16.0 Å². The molecule has 0 aromatic rings. The maximum Gasteiger partial charge on any atom is 0.185 e. The first kappa shape index (κ1) is 8.69. The molecule has 2 rings (SSSR count). The summed E-state index contributed by atoms with van der Waals surface area (Å²) in [6.07, 6.45) is 6.08. The van der Waals surface area contributed by atoms with Gasteiger partial charge in [-0.05, 0) is 11.2 Å². The van der Waals surface area contributed by atoms with Gasteiger partial charge in [-0.25, -0.2) is 0 Å². The first-order valence-electron chi connectivity index (χ1n) is 4.00. The maximum absolute atomic E-state index is 5.24. The van der Waals surface area contributed by atoms with E-state index in [9.17, 15) is 0 Å². The summed E-state index contributed by atoms with van der Waals surface area (Å²) in [7, 11) is 3.58. The van der Waals surface area contributed by atoms with E-state index in [-0.39, 0.29) is 5.92 Å². The van der Waals surface area contributed by atoms with E-state index >= 15 is 0 Å². The second-order valence-electron chi connectivity index (χ2n) is 3.00. The normalized spacial score (nSPS) is 25.6. The molecule has 1 heterocycles. The van der Waals surface area contributed by atoms with Crippen LogP contribution in [0.4, 0.5) is 0 Å². The minimum Gasteiger partial charge on any atom is -0.495 e. The monoisotopic (exact) mass is 241 g/mol. The fourth-order valence-electron chi connectivity index (χ4n) is 1.49.